The SMILES string of the molecule is C=CCOc1cccc(CNc2ccc(C)cc2)c1. The van der Waals surface area contributed by atoms with Gasteiger partial charge in [0.25, 0.3) is 0 Å². The van der Waals surface area contributed by atoms with E-state index in [1.165, 1.54) is 11.1 Å². The number of aryl methyl sites for hydroxylation is 1. The highest BCUT2D eigenvalue weighted by atomic mass is 16.5. The molecule has 0 fully saturated rings. The molecule has 0 saturated carbocycles. The predicted molar refractivity (Wildman–Crippen MR) is 80.6 cm³/mol. The van der Waals surface area contributed by atoms with Gasteiger partial charge in [0.05, 0.1) is 0 Å². The van der Waals surface area contributed by atoms with Crippen molar-refractivity contribution in [2.24, 2.45) is 0 Å². The minimum atomic E-state index is 0.537. The van der Waals surface area contributed by atoms with Gasteiger partial charge >= 0.3 is 0 Å². The van der Waals surface area contributed by atoms with Gasteiger partial charge in [-0.15, -0.1) is 0 Å². The molecule has 2 heteroatoms. The van der Waals surface area contributed by atoms with Gasteiger partial charge in [-0.05, 0) is 36.8 Å². The van der Waals surface area contributed by atoms with Crippen LogP contribution in [0.3, 0.4) is 0 Å². The molecule has 0 radical (unpaired) electrons. The first-order valence-electron chi connectivity index (χ1n) is 6.41. The zero-order valence-corrected chi connectivity index (χ0v) is 11.2. The van der Waals surface area contributed by atoms with Gasteiger partial charge in [-0.2, -0.15) is 0 Å². The summed E-state index contributed by atoms with van der Waals surface area (Å²) < 4.78 is 5.52. The van der Waals surface area contributed by atoms with Gasteiger partial charge < -0.3 is 10.1 Å². The number of benzene rings is 2. The number of rotatable bonds is 6. The zero-order valence-electron chi connectivity index (χ0n) is 11.2. The molecule has 0 unspecified atom stereocenters. The fourth-order valence-corrected chi connectivity index (χ4v) is 1.78. The summed E-state index contributed by atoms with van der Waals surface area (Å²) in [7, 11) is 0. The summed E-state index contributed by atoms with van der Waals surface area (Å²) >= 11 is 0. The highest BCUT2D eigenvalue weighted by molar-refractivity contribution is 5.45. The van der Waals surface area contributed by atoms with Crippen LogP contribution >= 0.6 is 0 Å². The summed E-state index contributed by atoms with van der Waals surface area (Å²) in [4.78, 5) is 0. The maximum Gasteiger partial charge on any atom is 0.120 e. The lowest BCUT2D eigenvalue weighted by atomic mass is 10.2. The number of hydrogen-bond donors (Lipinski definition) is 1. The van der Waals surface area contributed by atoms with Crippen LogP contribution in [0.2, 0.25) is 0 Å². The predicted octanol–water partition coefficient (Wildman–Crippen LogP) is 4.17. The van der Waals surface area contributed by atoms with E-state index in [0.717, 1.165) is 18.0 Å². The quantitative estimate of drug-likeness (QED) is 0.780. The van der Waals surface area contributed by atoms with E-state index < -0.39 is 0 Å². The topological polar surface area (TPSA) is 21.3 Å². The van der Waals surface area contributed by atoms with Crippen molar-refractivity contribution < 1.29 is 4.74 Å². The smallest absolute Gasteiger partial charge is 0.120 e. The van der Waals surface area contributed by atoms with Crippen molar-refractivity contribution in [3.05, 3.63) is 72.3 Å². The van der Waals surface area contributed by atoms with Crippen LogP contribution in [0.4, 0.5) is 5.69 Å². The third-order valence-electron chi connectivity index (χ3n) is 2.81. The number of ether oxygens (including phenoxy) is 1. The van der Waals surface area contributed by atoms with Crippen molar-refractivity contribution in [1.29, 1.82) is 0 Å². The molecule has 0 aliphatic carbocycles. The maximum atomic E-state index is 5.52. The summed E-state index contributed by atoms with van der Waals surface area (Å²) in [6.45, 7) is 7.05. The molecule has 2 nitrogen and oxygen atoms in total. The maximum absolute atomic E-state index is 5.52. The Kier molecular flexibility index (Phi) is 4.62. The molecule has 98 valence electrons. The lowest BCUT2D eigenvalue weighted by Crippen LogP contribution is -2.00. The molecule has 2 aromatic rings. The molecule has 0 spiro atoms. The van der Waals surface area contributed by atoms with E-state index in [1.54, 1.807) is 6.08 Å². The molecule has 0 bridgehead atoms. The van der Waals surface area contributed by atoms with Crippen molar-refractivity contribution in [3.8, 4) is 5.75 Å². The minimum absolute atomic E-state index is 0.537. The monoisotopic (exact) mass is 253 g/mol. The minimum Gasteiger partial charge on any atom is -0.490 e. The number of anilines is 1. The van der Waals surface area contributed by atoms with Crippen LogP contribution in [-0.2, 0) is 6.54 Å². The van der Waals surface area contributed by atoms with Gasteiger partial charge in [0, 0.05) is 12.2 Å². The Balaban J connectivity index is 1.95. The van der Waals surface area contributed by atoms with Crippen molar-refractivity contribution in [2.45, 2.75) is 13.5 Å². The normalized spacial score (nSPS) is 9.95. The molecule has 0 heterocycles. The van der Waals surface area contributed by atoms with Crippen LogP contribution in [0.25, 0.3) is 0 Å². The van der Waals surface area contributed by atoms with E-state index >= 15 is 0 Å². The second-order valence-corrected chi connectivity index (χ2v) is 4.47. The van der Waals surface area contributed by atoms with Crippen molar-refractivity contribution in [1.82, 2.24) is 0 Å². The van der Waals surface area contributed by atoms with Crippen LogP contribution in [0, 0.1) is 6.92 Å². The second-order valence-electron chi connectivity index (χ2n) is 4.47. The van der Waals surface area contributed by atoms with Crippen molar-refractivity contribution >= 4 is 5.69 Å². The molecule has 2 aromatic carbocycles. The standard InChI is InChI=1S/C17H19NO/c1-3-11-19-17-6-4-5-15(12-17)13-18-16-9-7-14(2)8-10-16/h3-10,12,18H,1,11,13H2,2H3. The van der Waals surface area contributed by atoms with Crippen molar-refractivity contribution in [2.75, 3.05) is 11.9 Å². The third kappa shape index (κ3) is 4.18. The Morgan fingerprint density at radius 1 is 1.16 bits per heavy atom. The molecule has 0 aliphatic rings. The van der Waals surface area contributed by atoms with Crippen LogP contribution in [0.1, 0.15) is 11.1 Å². The van der Waals surface area contributed by atoms with Gasteiger partial charge in [-0.1, -0.05) is 42.5 Å². The summed E-state index contributed by atoms with van der Waals surface area (Å²) in [6, 6.07) is 16.5. The van der Waals surface area contributed by atoms with E-state index in [1.807, 2.05) is 18.2 Å². The number of nitrogens with one attached hydrogen (secondary N) is 1. The summed E-state index contributed by atoms with van der Waals surface area (Å²) in [5, 5.41) is 3.40. The zero-order chi connectivity index (χ0) is 13.5. The van der Waals surface area contributed by atoms with Gasteiger partial charge in [-0.25, -0.2) is 0 Å². The molecule has 19 heavy (non-hydrogen) atoms. The molecule has 1 N–H and O–H groups in total. The Morgan fingerprint density at radius 3 is 2.68 bits per heavy atom. The Morgan fingerprint density at radius 2 is 1.95 bits per heavy atom. The van der Waals surface area contributed by atoms with Crippen LogP contribution in [0.5, 0.6) is 5.75 Å². The first kappa shape index (κ1) is 13.2. The van der Waals surface area contributed by atoms with Gasteiger partial charge in [0.1, 0.15) is 12.4 Å². The van der Waals surface area contributed by atoms with E-state index in [0.29, 0.717) is 6.61 Å². The van der Waals surface area contributed by atoms with E-state index in [9.17, 15) is 0 Å². The average Bonchev–Trinajstić information content (AvgIpc) is 2.45. The lowest BCUT2D eigenvalue weighted by molar-refractivity contribution is 0.363. The molecule has 0 atom stereocenters. The van der Waals surface area contributed by atoms with Crippen LogP contribution in [0.15, 0.2) is 61.2 Å². The molecular weight excluding hydrogens is 234 g/mol. The van der Waals surface area contributed by atoms with Gasteiger partial charge in [-0.3, -0.25) is 0 Å². The molecule has 0 aromatic heterocycles. The molecule has 0 amide bonds. The first-order valence-corrected chi connectivity index (χ1v) is 6.41. The van der Waals surface area contributed by atoms with Gasteiger partial charge in [0.15, 0.2) is 0 Å². The molecule has 2 rings (SSSR count). The molecular formula is C17H19NO. The Bertz CT molecular complexity index is 531. The fourth-order valence-electron chi connectivity index (χ4n) is 1.78. The van der Waals surface area contributed by atoms with Crippen molar-refractivity contribution in [3.63, 3.8) is 0 Å². The molecule has 0 saturated heterocycles. The average molecular weight is 253 g/mol. The van der Waals surface area contributed by atoms with E-state index in [-0.39, 0.29) is 0 Å². The van der Waals surface area contributed by atoms with Crippen LogP contribution < -0.4 is 10.1 Å². The highest BCUT2D eigenvalue weighted by Gasteiger charge is 1.97. The Labute approximate surface area is 114 Å². The second kappa shape index (κ2) is 6.64. The molecule has 0 aliphatic heterocycles. The first-order chi connectivity index (χ1) is 9.28. The van der Waals surface area contributed by atoms with Gasteiger partial charge in [0.2, 0.25) is 0 Å². The summed E-state index contributed by atoms with van der Waals surface area (Å²) in [5.41, 5.74) is 3.59. The largest absolute Gasteiger partial charge is 0.490 e. The highest BCUT2D eigenvalue weighted by Crippen LogP contribution is 2.15. The fraction of sp³-hybridized carbons (Fsp3) is 0.176. The Hall–Kier alpha value is -2.22. The third-order valence-corrected chi connectivity index (χ3v) is 2.81. The number of hydrogen-bond acceptors (Lipinski definition) is 2. The van der Waals surface area contributed by atoms with E-state index in [2.05, 4.69) is 49.2 Å². The van der Waals surface area contributed by atoms with E-state index in [4.69, 9.17) is 4.74 Å². The lowest BCUT2D eigenvalue weighted by Gasteiger charge is -2.09. The van der Waals surface area contributed by atoms with Crippen LogP contribution in [-0.4, -0.2) is 6.61 Å². The summed E-state index contributed by atoms with van der Waals surface area (Å²) in [5.74, 6) is 0.878. The summed E-state index contributed by atoms with van der Waals surface area (Å²) in [6.07, 6.45) is 1.75.